The summed E-state index contributed by atoms with van der Waals surface area (Å²) >= 11 is -1.66. The van der Waals surface area contributed by atoms with Gasteiger partial charge in [0.2, 0.25) is 0 Å². The second-order valence-electron chi connectivity index (χ2n) is 2.66. The van der Waals surface area contributed by atoms with E-state index in [0.717, 1.165) is 0 Å². The van der Waals surface area contributed by atoms with Gasteiger partial charge in [-0.15, -0.1) is 0 Å². The van der Waals surface area contributed by atoms with Gasteiger partial charge in [0.25, 0.3) is 0 Å². The summed E-state index contributed by atoms with van der Waals surface area (Å²) < 4.78 is 24.5. The summed E-state index contributed by atoms with van der Waals surface area (Å²) in [6.45, 7) is 3.19. The van der Waals surface area contributed by atoms with Crippen LogP contribution in [0.3, 0.4) is 0 Å². The summed E-state index contributed by atoms with van der Waals surface area (Å²) in [6.07, 6.45) is 0.713. The summed E-state index contributed by atoms with van der Waals surface area (Å²) in [5.74, 6) is 0.222. The lowest BCUT2D eigenvalue weighted by atomic mass is 10.0. The molecule has 10 heavy (non-hydrogen) atoms. The first kappa shape index (κ1) is 8.17. The van der Waals surface area contributed by atoms with Crippen LogP contribution in [0, 0.1) is 5.92 Å². The molecular weight excluding hydrogens is 152 g/mol. The van der Waals surface area contributed by atoms with Crippen LogP contribution < -0.4 is 0 Å². The monoisotopic (exact) mass is 164 g/mol. The van der Waals surface area contributed by atoms with E-state index in [1.807, 2.05) is 6.92 Å². The van der Waals surface area contributed by atoms with E-state index < -0.39 is 11.1 Å². The SMILES string of the molecule is CC1COCCC1S(=O)O. The van der Waals surface area contributed by atoms with E-state index in [1.54, 1.807) is 0 Å². The van der Waals surface area contributed by atoms with Gasteiger partial charge in [-0.3, -0.25) is 0 Å². The van der Waals surface area contributed by atoms with Crippen molar-refractivity contribution in [3.05, 3.63) is 0 Å². The van der Waals surface area contributed by atoms with Crippen molar-refractivity contribution in [3.63, 3.8) is 0 Å². The third-order valence-electron chi connectivity index (χ3n) is 1.82. The van der Waals surface area contributed by atoms with Crippen molar-refractivity contribution in [2.75, 3.05) is 13.2 Å². The fourth-order valence-electron chi connectivity index (χ4n) is 1.16. The number of ether oxygens (including phenoxy) is 1. The van der Waals surface area contributed by atoms with Gasteiger partial charge in [0.15, 0.2) is 11.1 Å². The van der Waals surface area contributed by atoms with Crippen LogP contribution in [0.25, 0.3) is 0 Å². The van der Waals surface area contributed by atoms with Crippen LogP contribution in [0.4, 0.5) is 0 Å². The number of hydrogen-bond donors (Lipinski definition) is 1. The Labute approximate surface area is 63.0 Å². The standard InChI is InChI=1S/C6H12O3S/c1-5-4-9-3-2-6(5)10(7)8/h5-6H,2-4H2,1H3,(H,7,8). The van der Waals surface area contributed by atoms with E-state index in [0.29, 0.717) is 19.6 Å². The Bertz CT molecular complexity index is 137. The fraction of sp³-hybridized carbons (Fsp3) is 1.00. The zero-order chi connectivity index (χ0) is 7.56. The average Bonchev–Trinajstić information content (AvgIpc) is 1.88. The zero-order valence-electron chi connectivity index (χ0n) is 5.95. The lowest BCUT2D eigenvalue weighted by molar-refractivity contribution is 0.0635. The summed E-state index contributed by atoms with van der Waals surface area (Å²) in [5, 5.41) is -0.0752. The van der Waals surface area contributed by atoms with Crippen LogP contribution in [-0.4, -0.2) is 27.2 Å². The van der Waals surface area contributed by atoms with Crippen molar-refractivity contribution in [2.45, 2.75) is 18.6 Å². The maximum Gasteiger partial charge on any atom is 0.156 e. The van der Waals surface area contributed by atoms with Crippen LogP contribution in [-0.2, 0) is 15.8 Å². The molecule has 3 unspecified atom stereocenters. The Balaban J connectivity index is 2.47. The van der Waals surface area contributed by atoms with E-state index in [1.165, 1.54) is 0 Å². The van der Waals surface area contributed by atoms with Crippen LogP contribution in [0.2, 0.25) is 0 Å². The van der Waals surface area contributed by atoms with Gasteiger partial charge in [0.05, 0.1) is 11.9 Å². The molecule has 3 atom stereocenters. The molecule has 60 valence electrons. The van der Waals surface area contributed by atoms with Gasteiger partial charge in [0.1, 0.15) is 0 Å². The minimum atomic E-state index is -1.66. The molecule has 1 aliphatic heterocycles. The van der Waals surface area contributed by atoms with E-state index in [4.69, 9.17) is 9.29 Å². The summed E-state index contributed by atoms with van der Waals surface area (Å²) in [7, 11) is 0. The molecular formula is C6H12O3S. The largest absolute Gasteiger partial charge is 0.381 e. The normalized spacial score (nSPS) is 37.4. The van der Waals surface area contributed by atoms with E-state index in [9.17, 15) is 4.21 Å². The zero-order valence-corrected chi connectivity index (χ0v) is 6.76. The van der Waals surface area contributed by atoms with Crippen molar-refractivity contribution < 1.29 is 13.5 Å². The highest BCUT2D eigenvalue weighted by molar-refractivity contribution is 7.79. The van der Waals surface area contributed by atoms with Gasteiger partial charge in [0, 0.05) is 6.61 Å². The minimum Gasteiger partial charge on any atom is -0.381 e. The highest BCUT2D eigenvalue weighted by atomic mass is 32.2. The number of rotatable bonds is 1. The summed E-state index contributed by atoms with van der Waals surface area (Å²) in [5.41, 5.74) is 0. The van der Waals surface area contributed by atoms with Gasteiger partial charge >= 0.3 is 0 Å². The Morgan fingerprint density at radius 3 is 2.80 bits per heavy atom. The molecule has 0 aromatic carbocycles. The third kappa shape index (κ3) is 1.78. The van der Waals surface area contributed by atoms with Gasteiger partial charge in [-0.1, -0.05) is 6.92 Å². The fourth-order valence-corrected chi connectivity index (χ4v) is 1.93. The molecule has 4 heteroatoms. The molecule has 1 N–H and O–H groups in total. The molecule has 0 saturated carbocycles. The van der Waals surface area contributed by atoms with Crippen molar-refractivity contribution in [2.24, 2.45) is 5.92 Å². The molecule has 3 nitrogen and oxygen atoms in total. The molecule has 0 amide bonds. The molecule has 1 saturated heterocycles. The summed E-state index contributed by atoms with van der Waals surface area (Å²) in [4.78, 5) is 0. The highest BCUT2D eigenvalue weighted by Gasteiger charge is 2.26. The van der Waals surface area contributed by atoms with Crippen molar-refractivity contribution >= 4 is 11.1 Å². The lowest BCUT2D eigenvalue weighted by Crippen LogP contribution is -2.32. The molecule has 1 fully saturated rings. The Morgan fingerprint density at radius 2 is 2.40 bits per heavy atom. The van der Waals surface area contributed by atoms with Crippen LogP contribution in [0.1, 0.15) is 13.3 Å². The number of hydrogen-bond acceptors (Lipinski definition) is 2. The first-order valence-electron chi connectivity index (χ1n) is 3.39. The van der Waals surface area contributed by atoms with Crippen LogP contribution in [0.15, 0.2) is 0 Å². The average molecular weight is 164 g/mol. The van der Waals surface area contributed by atoms with Gasteiger partial charge in [-0.05, 0) is 12.3 Å². The maximum absolute atomic E-state index is 10.6. The predicted molar refractivity (Wildman–Crippen MR) is 39.2 cm³/mol. The van der Waals surface area contributed by atoms with Crippen molar-refractivity contribution in [1.82, 2.24) is 0 Å². The lowest BCUT2D eigenvalue weighted by Gasteiger charge is -2.25. The van der Waals surface area contributed by atoms with E-state index in [2.05, 4.69) is 0 Å². The van der Waals surface area contributed by atoms with Crippen LogP contribution >= 0.6 is 0 Å². The molecule has 0 aromatic rings. The molecule has 0 aromatic heterocycles. The Hall–Kier alpha value is 0.0700. The second-order valence-corrected chi connectivity index (χ2v) is 3.81. The molecule has 1 aliphatic rings. The van der Waals surface area contributed by atoms with E-state index >= 15 is 0 Å². The molecule has 0 aliphatic carbocycles. The van der Waals surface area contributed by atoms with Crippen molar-refractivity contribution in [1.29, 1.82) is 0 Å². The minimum absolute atomic E-state index is 0.0752. The maximum atomic E-state index is 10.6. The highest BCUT2D eigenvalue weighted by Crippen LogP contribution is 2.17. The molecule has 0 spiro atoms. The first-order valence-corrected chi connectivity index (χ1v) is 4.56. The summed E-state index contributed by atoms with van der Waals surface area (Å²) in [6, 6.07) is 0. The van der Waals surface area contributed by atoms with Gasteiger partial charge in [-0.25, -0.2) is 4.21 Å². The molecule has 0 radical (unpaired) electrons. The Kier molecular flexibility index (Phi) is 2.82. The van der Waals surface area contributed by atoms with Gasteiger partial charge in [-0.2, -0.15) is 0 Å². The Morgan fingerprint density at radius 1 is 1.70 bits per heavy atom. The first-order chi connectivity index (χ1) is 4.72. The second kappa shape index (κ2) is 3.46. The van der Waals surface area contributed by atoms with Crippen LogP contribution in [0.5, 0.6) is 0 Å². The quantitative estimate of drug-likeness (QED) is 0.578. The van der Waals surface area contributed by atoms with Gasteiger partial charge < -0.3 is 9.29 Å². The third-order valence-corrected chi connectivity index (χ3v) is 3.04. The van der Waals surface area contributed by atoms with Crippen molar-refractivity contribution in [3.8, 4) is 0 Å². The molecule has 0 bridgehead atoms. The molecule has 1 rings (SSSR count). The predicted octanol–water partition coefficient (Wildman–Crippen LogP) is 0.633. The van der Waals surface area contributed by atoms with E-state index in [-0.39, 0.29) is 11.2 Å². The topological polar surface area (TPSA) is 46.5 Å². The smallest absolute Gasteiger partial charge is 0.156 e. The molecule has 1 heterocycles.